The lowest BCUT2D eigenvalue weighted by Crippen LogP contribution is -1.98. The van der Waals surface area contributed by atoms with Gasteiger partial charge in [-0.05, 0) is 17.7 Å². The molecule has 0 unspecified atom stereocenters. The van der Waals surface area contributed by atoms with Crippen molar-refractivity contribution >= 4 is 0 Å². The summed E-state index contributed by atoms with van der Waals surface area (Å²) < 4.78 is 5.56. The van der Waals surface area contributed by atoms with Gasteiger partial charge in [0, 0.05) is 5.56 Å². The number of aliphatic hydroxyl groups is 2. The van der Waals surface area contributed by atoms with Crippen LogP contribution in [0.15, 0.2) is 54.6 Å². The molecule has 0 aliphatic carbocycles. The predicted molar refractivity (Wildman–Crippen MR) is 64.4 cm³/mol. The van der Waals surface area contributed by atoms with Crippen molar-refractivity contribution in [3.8, 4) is 5.75 Å². The molecule has 0 aliphatic rings. The number of benzene rings is 2. The predicted octanol–water partition coefficient (Wildman–Crippen LogP) is 2.25. The molecule has 0 heterocycles. The summed E-state index contributed by atoms with van der Waals surface area (Å²) in [7, 11) is 0. The number of ether oxygens (including phenoxy) is 1. The highest BCUT2D eigenvalue weighted by molar-refractivity contribution is 5.29. The molecule has 3 nitrogen and oxygen atoms in total. The maximum absolute atomic E-state index is 9.03. The van der Waals surface area contributed by atoms with Crippen LogP contribution in [0.25, 0.3) is 0 Å². The summed E-state index contributed by atoms with van der Waals surface area (Å²) in [6.07, 6.45) is -1.46. The zero-order valence-electron chi connectivity index (χ0n) is 9.28. The third-order valence-corrected chi connectivity index (χ3v) is 2.40. The standard InChI is InChI=1S/C14H14O3/c15-14(16)12-7-4-8-13(9-12)17-10-11-5-2-1-3-6-11/h1-9,14-16H,10H2. The summed E-state index contributed by atoms with van der Waals surface area (Å²) in [6, 6.07) is 16.6. The molecule has 0 aromatic heterocycles. The van der Waals surface area contributed by atoms with Crippen LogP contribution in [0.5, 0.6) is 5.75 Å². The van der Waals surface area contributed by atoms with Crippen molar-refractivity contribution in [2.24, 2.45) is 0 Å². The first kappa shape index (κ1) is 11.6. The molecule has 0 aliphatic heterocycles. The van der Waals surface area contributed by atoms with E-state index in [4.69, 9.17) is 14.9 Å². The Balaban J connectivity index is 2.02. The third kappa shape index (κ3) is 3.31. The van der Waals surface area contributed by atoms with Crippen molar-refractivity contribution in [2.45, 2.75) is 12.9 Å². The quantitative estimate of drug-likeness (QED) is 0.792. The van der Waals surface area contributed by atoms with Gasteiger partial charge < -0.3 is 14.9 Å². The van der Waals surface area contributed by atoms with E-state index in [0.717, 1.165) is 5.56 Å². The fourth-order valence-corrected chi connectivity index (χ4v) is 1.51. The average Bonchev–Trinajstić information content (AvgIpc) is 2.38. The van der Waals surface area contributed by atoms with Gasteiger partial charge >= 0.3 is 0 Å². The Morgan fingerprint density at radius 1 is 0.941 bits per heavy atom. The summed E-state index contributed by atoms with van der Waals surface area (Å²) in [5, 5.41) is 18.1. The van der Waals surface area contributed by atoms with Crippen LogP contribution in [0, 0.1) is 0 Å². The Kier molecular flexibility index (Phi) is 3.75. The van der Waals surface area contributed by atoms with Gasteiger partial charge in [0.2, 0.25) is 0 Å². The van der Waals surface area contributed by atoms with E-state index in [1.807, 2.05) is 30.3 Å². The second-order valence-electron chi connectivity index (χ2n) is 3.72. The van der Waals surface area contributed by atoms with E-state index in [2.05, 4.69) is 0 Å². The molecule has 0 atom stereocenters. The third-order valence-electron chi connectivity index (χ3n) is 2.40. The summed E-state index contributed by atoms with van der Waals surface area (Å²) in [4.78, 5) is 0. The van der Waals surface area contributed by atoms with Gasteiger partial charge in [-0.1, -0.05) is 42.5 Å². The minimum absolute atomic E-state index is 0.426. The molecule has 0 fully saturated rings. The normalized spacial score (nSPS) is 10.5. The first-order valence-electron chi connectivity index (χ1n) is 5.38. The van der Waals surface area contributed by atoms with Crippen LogP contribution >= 0.6 is 0 Å². The first-order valence-corrected chi connectivity index (χ1v) is 5.38. The van der Waals surface area contributed by atoms with Crippen LogP contribution in [0.3, 0.4) is 0 Å². The van der Waals surface area contributed by atoms with E-state index in [9.17, 15) is 0 Å². The molecule has 2 aromatic carbocycles. The van der Waals surface area contributed by atoms with Crippen LogP contribution in [0.2, 0.25) is 0 Å². The monoisotopic (exact) mass is 230 g/mol. The van der Waals surface area contributed by atoms with Crippen molar-refractivity contribution in [1.29, 1.82) is 0 Å². The second kappa shape index (κ2) is 5.48. The number of hydrogen-bond donors (Lipinski definition) is 2. The maximum atomic E-state index is 9.03. The molecule has 88 valence electrons. The van der Waals surface area contributed by atoms with Crippen molar-refractivity contribution in [3.63, 3.8) is 0 Å². The maximum Gasteiger partial charge on any atom is 0.178 e. The highest BCUT2D eigenvalue weighted by atomic mass is 16.5. The van der Waals surface area contributed by atoms with Gasteiger partial charge in [-0.2, -0.15) is 0 Å². The molecule has 0 bridgehead atoms. The van der Waals surface area contributed by atoms with Gasteiger partial charge in [0.25, 0.3) is 0 Å². The lowest BCUT2D eigenvalue weighted by atomic mass is 10.2. The van der Waals surface area contributed by atoms with Crippen LogP contribution in [0.1, 0.15) is 17.4 Å². The highest BCUT2D eigenvalue weighted by Crippen LogP contribution is 2.18. The molecule has 0 amide bonds. The number of rotatable bonds is 4. The largest absolute Gasteiger partial charge is 0.489 e. The molecule has 3 heteroatoms. The fourth-order valence-electron chi connectivity index (χ4n) is 1.51. The molecule has 2 rings (SSSR count). The van der Waals surface area contributed by atoms with Gasteiger partial charge in [0.1, 0.15) is 12.4 Å². The first-order chi connectivity index (χ1) is 8.25. The molecule has 17 heavy (non-hydrogen) atoms. The second-order valence-corrected chi connectivity index (χ2v) is 3.72. The molecule has 0 saturated carbocycles. The fraction of sp³-hybridized carbons (Fsp3) is 0.143. The Labute approximate surface area is 99.9 Å². The molecular formula is C14H14O3. The van der Waals surface area contributed by atoms with E-state index in [-0.39, 0.29) is 0 Å². The van der Waals surface area contributed by atoms with Crippen LogP contribution in [-0.2, 0) is 6.61 Å². The number of hydrogen-bond acceptors (Lipinski definition) is 3. The average molecular weight is 230 g/mol. The number of aliphatic hydroxyl groups excluding tert-OH is 1. The van der Waals surface area contributed by atoms with E-state index in [1.54, 1.807) is 24.3 Å². The molecule has 0 radical (unpaired) electrons. The Hall–Kier alpha value is -1.84. The van der Waals surface area contributed by atoms with E-state index < -0.39 is 6.29 Å². The van der Waals surface area contributed by atoms with Crippen molar-refractivity contribution < 1.29 is 14.9 Å². The Bertz CT molecular complexity index is 466. The lowest BCUT2D eigenvalue weighted by molar-refractivity contribution is -0.0426. The molecule has 0 spiro atoms. The van der Waals surface area contributed by atoms with Gasteiger partial charge in [0.15, 0.2) is 6.29 Å². The zero-order valence-corrected chi connectivity index (χ0v) is 9.28. The van der Waals surface area contributed by atoms with E-state index in [1.165, 1.54) is 0 Å². The van der Waals surface area contributed by atoms with Gasteiger partial charge in [0.05, 0.1) is 0 Å². The van der Waals surface area contributed by atoms with Crippen molar-refractivity contribution in [3.05, 3.63) is 65.7 Å². The zero-order chi connectivity index (χ0) is 12.1. The van der Waals surface area contributed by atoms with Crippen LogP contribution in [-0.4, -0.2) is 10.2 Å². The topological polar surface area (TPSA) is 49.7 Å². The smallest absolute Gasteiger partial charge is 0.178 e. The van der Waals surface area contributed by atoms with Gasteiger partial charge in [-0.15, -0.1) is 0 Å². The SMILES string of the molecule is OC(O)c1cccc(OCc2ccccc2)c1. The van der Waals surface area contributed by atoms with Crippen molar-refractivity contribution in [1.82, 2.24) is 0 Å². The van der Waals surface area contributed by atoms with Crippen LogP contribution in [0.4, 0.5) is 0 Å². The minimum atomic E-state index is -1.46. The summed E-state index contributed by atoms with van der Waals surface area (Å²) >= 11 is 0. The van der Waals surface area contributed by atoms with Crippen molar-refractivity contribution in [2.75, 3.05) is 0 Å². The van der Waals surface area contributed by atoms with Crippen LogP contribution < -0.4 is 4.74 Å². The Morgan fingerprint density at radius 2 is 1.71 bits per heavy atom. The summed E-state index contributed by atoms with van der Waals surface area (Å²) in [5.74, 6) is 0.624. The van der Waals surface area contributed by atoms with E-state index in [0.29, 0.717) is 17.9 Å². The summed E-state index contributed by atoms with van der Waals surface area (Å²) in [6.45, 7) is 0.464. The highest BCUT2D eigenvalue weighted by Gasteiger charge is 2.03. The molecule has 0 saturated heterocycles. The molecule has 2 N–H and O–H groups in total. The van der Waals surface area contributed by atoms with Gasteiger partial charge in [-0.25, -0.2) is 0 Å². The van der Waals surface area contributed by atoms with E-state index >= 15 is 0 Å². The lowest BCUT2D eigenvalue weighted by Gasteiger charge is -2.09. The molecule has 2 aromatic rings. The minimum Gasteiger partial charge on any atom is -0.489 e. The molecular weight excluding hydrogens is 216 g/mol. The Morgan fingerprint density at radius 3 is 2.41 bits per heavy atom. The van der Waals surface area contributed by atoms with Gasteiger partial charge in [-0.3, -0.25) is 0 Å². The summed E-state index contributed by atoms with van der Waals surface area (Å²) in [5.41, 5.74) is 1.50.